The van der Waals surface area contributed by atoms with E-state index in [-0.39, 0.29) is 30.6 Å². The van der Waals surface area contributed by atoms with Gasteiger partial charge in [0.15, 0.2) is 5.78 Å². The van der Waals surface area contributed by atoms with E-state index in [4.69, 9.17) is 0 Å². The zero-order valence-electron chi connectivity index (χ0n) is 12.3. The fourth-order valence-corrected chi connectivity index (χ4v) is 2.62. The van der Waals surface area contributed by atoms with Crippen molar-refractivity contribution in [1.82, 2.24) is 4.90 Å². The number of carbonyl (C=O) groups excluding carboxylic acids is 3. The Morgan fingerprint density at radius 2 is 1.48 bits per heavy atom. The van der Waals surface area contributed by atoms with E-state index in [9.17, 15) is 18.8 Å². The summed E-state index contributed by atoms with van der Waals surface area (Å²) >= 11 is 0. The van der Waals surface area contributed by atoms with E-state index in [0.717, 1.165) is 0 Å². The molecular weight excluding hydrogens is 297 g/mol. The van der Waals surface area contributed by atoms with Gasteiger partial charge in [-0.25, -0.2) is 4.39 Å². The van der Waals surface area contributed by atoms with Crippen molar-refractivity contribution in [1.29, 1.82) is 0 Å². The van der Waals surface area contributed by atoms with Gasteiger partial charge in [-0.15, -0.1) is 0 Å². The van der Waals surface area contributed by atoms with Crippen molar-refractivity contribution >= 4 is 17.6 Å². The van der Waals surface area contributed by atoms with Gasteiger partial charge >= 0.3 is 0 Å². The van der Waals surface area contributed by atoms with Crippen LogP contribution in [0.4, 0.5) is 4.39 Å². The van der Waals surface area contributed by atoms with Crippen molar-refractivity contribution in [2.45, 2.75) is 12.8 Å². The number of hydrogen-bond acceptors (Lipinski definition) is 3. The highest BCUT2D eigenvalue weighted by atomic mass is 19.1. The summed E-state index contributed by atoms with van der Waals surface area (Å²) in [5.74, 6) is -1.17. The normalized spacial score (nSPS) is 13.3. The Balaban J connectivity index is 1.60. The maximum absolute atomic E-state index is 12.8. The van der Waals surface area contributed by atoms with Gasteiger partial charge < -0.3 is 0 Å². The predicted molar refractivity (Wildman–Crippen MR) is 81.8 cm³/mol. The van der Waals surface area contributed by atoms with E-state index in [1.54, 1.807) is 24.3 Å². The zero-order valence-corrected chi connectivity index (χ0v) is 12.3. The zero-order chi connectivity index (χ0) is 16.4. The first kappa shape index (κ1) is 15.1. The largest absolute Gasteiger partial charge is 0.294 e. The lowest BCUT2D eigenvalue weighted by molar-refractivity contribution is 0.0647. The lowest BCUT2D eigenvalue weighted by Gasteiger charge is -2.13. The van der Waals surface area contributed by atoms with E-state index >= 15 is 0 Å². The first-order valence-electron chi connectivity index (χ1n) is 7.32. The molecule has 2 aromatic rings. The van der Waals surface area contributed by atoms with Gasteiger partial charge in [-0.05, 0) is 42.8 Å². The van der Waals surface area contributed by atoms with Crippen LogP contribution in [-0.4, -0.2) is 29.0 Å². The van der Waals surface area contributed by atoms with Crippen molar-refractivity contribution in [3.8, 4) is 0 Å². The molecule has 0 atom stereocenters. The van der Waals surface area contributed by atoms with Gasteiger partial charge in [0.25, 0.3) is 11.8 Å². The average molecular weight is 311 g/mol. The number of benzene rings is 2. The molecule has 0 spiro atoms. The summed E-state index contributed by atoms with van der Waals surface area (Å²) in [6.45, 7) is 0.194. The van der Waals surface area contributed by atoms with Crippen LogP contribution in [0, 0.1) is 5.82 Å². The van der Waals surface area contributed by atoms with Gasteiger partial charge in [0, 0.05) is 18.5 Å². The third-order valence-electron chi connectivity index (χ3n) is 3.83. The molecule has 23 heavy (non-hydrogen) atoms. The van der Waals surface area contributed by atoms with Crippen LogP contribution in [0.15, 0.2) is 48.5 Å². The summed E-state index contributed by atoms with van der Waals surface area (Å²) < 4.78 is 12.8. The van der Waals surface area contributed by atoms with E-state index in [1.165, 1.54) is 29.2 Å². The van der Waals surface area contributed by atoms with Gasteiger partial charge in [-0.1, -0.05) is 12.1 Å². The summed E-state index contributed by atoms with van der Waals surface area (Å²) in [6, 6.07) is 12.0. The Morgan fingerprint density at radius 1 is 0.913 bits per heavy atom. The monoisotopic (exact) mass is 311 g/mol. The highest BCUT2D eigenvalue weighted by Crippen LogP contribution is 2.22. The number of hydrogen-bond donors (Lipinski definition) is 0. The summed E-state index contributed by atoms with van der Waals surface area (Å²) in [6.07, 6.45) is 0.570. The Kier molecular flexibility index (Phi) is 4.02. The van der Waals surface area contributed by atoms with Crippen LogP contribution >= 0.6 is 0 Å². The molecule has 0 aliphatic carbocycles. The van der Waals surface area contributed by atoms with Crippen LogP contribution in [0.25, 0.3) is 0 Å². The van der Waals surface area contributed by atoms with Crippen molar-refractivity contribution < 1.29 is 18.8 Å². The maximum atomic E-state index is 12.8. The van der Waals surface area contributed by atoms with Crippen LogP contribution < -0.4 is 0 Å². The fraction of sp³-hybridized carbons (Fsp3) is 0.167. The third kappa shape index (κ3) is 2.90. The van der Waals surface area contributed by atoms with E-state index < -0.39 is 5.82 Å². The van der Waals surface area contributed by atoms with Crippen molar-refractivity contribution in [3.63, 3.8) is 0 Å². The van der Waals surface area contributed by atoms with E-state index in [0.29, 0.717) is 23.1 Å². The molecule has 3 rings (SSSR count). The van der Waals surface area contributed by atoms with E-state index in [1.807, 2.05) is 0 Å². The van der Waals surface area contributed by atoms with Gasteiger partial charge in [0.2, 0.25) is 0 Å². The van der Waals surface area contributed by atoms with Crippen LogP contribution in [0.5, 0.6) is 0 Å². The Bertz CT molecular complexity index is 748. The molecular formula is C18H14FNO3. The third-order valence-corrected chi connectivity index (χ3v) is 3.83. The molecule has 116 valence electrons. The topological polar surface area (TPSA) is 54.5 Å². The molecule has 0 N–H and O–H groups in total. The van der Waals surface area contributed by atoms with E-state index in [2.05, 4.69) is 0 Å². The van der Waals surface area contributed by atoms with Crippen LogP contribution in [0.2, 0.25) is 0 Å². The molecule has 0 saturated carbocycles. The number of halogens is 1. The summed E-state index contributed by atoms with van der Waals surface area (Å²) in [7, 11) is 0. The molecule has 1 aliphatic heterocycles. The summed E-state index contributed by atoms with van der Waals surface area (Å²) in [5.41, 5.74) is 1.23. The minimum Gasteiger partial charge on any atom is -0.294 e. The molecule has 0 radical (unpaired) electrons. The van der Waals surface area contributed by atoms with Crippen LogP contribution in [0.1, 0.15) is 43.9 Å². The second-order valence-electron chi connectivity index (χ2n) is 5.34. The van der Waals surface area contributed by atoms with Crippen molar-refractivity contribution in [3.05, 3.63) is 71.0 Å². The quantitative estimate of drug-likeness (QED) is 0.630. The second kappa shape index (κ2) is 6.12. The molecule has 2 amide bonds. The average Bonchev–Trinajstić information content (AvgIpc) is 2.81. The smallest absolute Gasteiger partial charge is 0.261 e. The standard InChI is InChI=1S/C18H14FNO3/c19-13-9-7-12(8-10-13)16(21)6-3-11-20-17(22)14-4-1-2-5-15(14)18(20)23/h1-2,4-5,7-10H,3,6,11H2. The number of carbonyl (C=O) groups is 3. The fourth-order valence-electron chi connectivity index (χ4n) is 2.62. The minimum absolute atomic E-state index is 0.137. The molecule has 4 nitrogen and oxygen atoms in total. The molecule has 0 aromatic heterocycles. The summed E-state index contributed by atoms with van der Waals surface area (Å²) in [4.78, 5) is 37.5. The van der Waals surface area contributed by atoms with Crippen molar-refractivity contribution in [2.75, 3.05) is 6.54 Å². The molecule has 5 heteroatoms. The molecule has 0 saturated heterocycles. The number of ketones is 1. The molecule has 1 aliphatic rings. The summed E-state index contributed by atoms with van der Waals surface area (Å²) in [5, 5.41) is 0. The van der Waals surface area contributed by atoms with Crippen LogP contribution in [-0.2, 0) is 0 Å². The first-order chi connectivity index (χ1) is 11.1. The van der Waals surface area contributed by atoms with Crippen LogP contribution in [0.3, 0.4) is 0 Å². The SMILES string of the molecule is O=C(CCCN1C(=O)c2ccccc2C1=O)c1ccc(F)cc1. The van der Waals surface area contributed by atoms with Crippen molar-refractivity contribution in [2.24, 2.45) is 0 Å². The number of nitrogens with zero attached hydrogens (tertiary/aromatic N) is 1. The highest BCUT2D eigenvalue weighted by Gasteiger charge is 2.34. The van der Waals surface area contributed by atoms with Gasteiger partial charge in [0.1, 0.15) is 5.82 Å². The molecule has 0 bridgehead atoms. The molecule has 2 aromatic carbocycles. The van der Waals surface area contributed by atoms with Gasteiger partial charge in [-0.2, -0.15) is 0 Å². The Labute approximate surface area is 132 Å². The Hall–Kier alpha value is -2.82. The first-order valence-corrected chi connectivity index (χ1v) is 7.32. The minimum atomic E-state index is -0.396. The number of fused-ring (bicyclic) bond motifs is 1. The van der Waals surface area contributed by atoms with Gasteiger partial charge in [-0.3, -0.25) is 19.3 Å². The van der Waals surface area contributed by atoms with Gasteiger partial charge in [0.05, 0.1) is 11.1 Å². The maximum Gasteiger partial charge on any atom is 0.261 e. The number of amides is 2. The lowest BCUT2D eigenvalue weighted by atomic mass is 10.1. The number of imide groups is 1. The molecule has 0 fully saturated rings. The number of Topliss-reactive ketones (excluding diaryl/α,β-unsaturated/α-hetero) is 1. The predicted octanol–water partition coefficient (Wildman–Crippen LogP) is 3.08. The number of rotatable bonds is 5. The Morgan fingerprint density at radius 3 is 2.04 bits per heavy atom. The lowest BCUT2D eigenvalue weighted by Crippen LogP contribution is -2.31. The highest BCUT2D eigenvalue weighted by molar-refractivity contribution is 6.21. The molecule has 0 unspecified atom stereocenters. The second-order valence-corrected chi connectivity index (χ2v) is 5.34. The molecule has 1 heterocycles.